The summed E-state index contributed by atoms with van der Waals surface area (Å²) < 4.78 is 2.09. The molecule has 0 aliphatic carbocycles. The normalized spacial score (nSPS) is 13.5. The van der Waals surface area contributed by atoms with Gasteiger partial charge in [-0.1, -0.05) is 13.8 Å². The van der Waals surface area contributed by atoms with Gasteiger partial charge in [0.1, 0.15) is 0 Å². The summed E-state index contributed by atoms with van der Waals surface area (Å²) in [7, 11) is 4.16. The van der Waals surface area contributed by atoms with Gasteiger partial charge in [-0.25, -0.2) is 0 Å². The molecule has 2 N–H and O–H groups in total. The van der Waals surface area contributed by atoms with Gasteiger partial charge < -0.3 is 10.6 Å². The number of rotatable bonds is 8. The van der Waals surface area contributed by atoms with E-state index >= 15 is 0 Å². The zero-order chi connectivity index (χ0) is 13.5. The van der Waals surface area contributed by atoms with Crippen molar-refractivity contribution in [2.45, 2.75) is 51.6 Å². The van der Waals surface area contributed by atoms with E-state index in [2.05, 4.69) is 54.9 Å². The van der Waals surface area contributed by atoms with Crippen LogP contribution in [0.4, 0.5) is 0 Å². The molecule has 0 spiro atoms. The molecule has 1 aromatic rings. The minimum atomic E-state index is 0.206. The molecule has 1 unspecified atom stereocenters. The van der Waals surface area contributed by atoms with E-state index in [0.29, 0.717) is 6.04 Å². The van der Waals surface area contributed by atoms with Crippen LogP contribution in [0.5, 0.6) is 0 Å². The van der Waals surface area contributed by atoms with E-state index in [1.165, 1.54) is 0 Å². The second kappa shape index (κ2) is 7.54. The lowest BCUT2D eigenvalue weighted by atomic mass is 10.1. The Labute approximate surface area is 111 Å². The highest BCUT2D eigenvalue weighted by molar-refractivity contribution is 5.02. The molecule has 0 radical (unpaired) electrons. The Balaban J connectivity index is 2.48. The molecule has 1 heterocycles. The fourth-order valence-corrected chi connectivity index (χ4v) is 2.15. The monoisotopic (exact) mass is 252 g/mol. The van der Waals surface area contributed by atoms with Crippen molar-refractivity contribution in [3.63, 3.8) is 0 Å². The average Bonchev–Trinajstić information content (AvgIpc) is 2.76. The van der Waals surface area contributed by atoms with E-state index in [0.717, 1.165) is 37.9 Å². The average molecular weight is 252 g/mol. The van der Waals surface area contributed by atoms with Gasteiger partial charge in [0.2, 0.25) is 0 Å². The van der Waals surface area contributed by atoms with E-state index in [4.69, 9.17) is 5.73 Å². The smallest absolute Gasteiger partial charge is 0.0640 e. The standard InChI is InChI=1S/C14H28N4/c1-5-14(6-2)18-10-8-13(16-18)11-12(15)7-9-17(3)4/h8,10,12,14H,5-7,9,11,15H2,1-4H3. The van der Waals surface area contributed by atoms with Crippen molar-refractivity contribution in [3.8, 4) is 0 Å². The summed E-state index contributed by atoms with van der Waals surface area (Å²) in [5.41, 5.74) is 7.25. The van der Waals surface area contributed by atoms with E-state index in [1.54, 1.807) is 0 Å². The molecule has 18 heavy (non-hydrogen) atoms. The first-order valence-electron chi connectivity index (χ1n) is 7.01. The molecule has 0 bridgehead atoms. The molecular formula is C14H28N4. The Morgan fingerprint density at radius 1 is 1.33 bits per heavy atom. The molecule has 0 aliphatic heterocycles. The summed E-state index contributed by atoms with van der Waals surface area (Å²) in [6, 6.07) is 2.84. The van der Waals surface area contributed by atoms with Crippen LogP contribution in [0.1, 0.15) is 44.8 Å². The molecule has 0 fully saturated rings. The fraction of sp³-hybridized carbons (Fsp3) is 0.786. The van der Waals surface area contributed by atoms with E-state index in [-0.39, 0.29) is 6.04 Å². The van der Waals surface area contributed by atoms with Crippen molar-refractivity contribution in [2.75, 3.05) is 20.6 Å². The predicted molar refractivity (Wildman–Crippen MR) is 76.7 cm³/mol. The molecule has 1 rings (SSSR count). The van der Waals surface area contributed by atoms with Crippen molar-refractivity contribution < 1.29 is 0 Å². The van der Waals surface area contributed by atoms with Crippen molar-refractivity contribution in [1.29, 1.82) is 0 Å². The minimum Gasteiger partial charge on any atom is -0.327 e. The maximum absolute atomic E-state index is 6.13. The van der Waals surface area contributed by atoms with Gasteiger partial charge in [-0.2, -0.15) is 5.10 Å². The van der Waals surface area contributed by atoms with Gasteiger partial charge in [-0.3, -0.25) is 4.68 Å². The number of hydrogen-bond donors (Lipinski definition) is 1. The second-order valence-electron chi connectivity index (χ2n) is 5.31. The number of nitrogens with zero attached hydrogens (tertiary/aromatic N) is 3. The van der Waals surface area contributed by atoms with Crippen LogP contribution in [0, 0.1) is 0 Å². The molecule has 0 saturated carbocycles. The highest BCUT2D eigenvalue weighted by atomic mass is 15.3. The van der Waals surface area contributed by atoms with Crippen LogP contribution in [-0.2, 0) is 6.42 Å². The molecule has 0 aromatic carbocycles. The van der Waals surface area contributed by atoms with Crippen LogP contribution in [0.15, 0.2) is 12.3 Å². The number of hydrogen-bond acceptors (Lipinski definition) is 3. The van der Waals surface area contributed by atoms with Gasteiger partial charge in [0.05, 0.1) is 11.7 Å². The van der Waals surface area contributed by atoms with E-state index in [9.17, 15) is 0 Å². The predicted octanol–water partition coefficient (Wildman–Crippen LogP) is 2.07. The third-order valence-corrected chi connectivity index (χ3v) is 3.40. The highest BCUT2D eigenvalue weighted by Crippen LogP contribution is 2.15. The van der Waals surface area contributed by atoms with Crippen molar-refractivity contribution in [2.24, 2.45) is 5.73 Å². The van der Waals surface area contributed by atoms with Crippen LogP contribution in [0.25, 0.3) is 0 Å². The lowest BCUT2D eigenvalue weighted by Crippen LogP contribution is -2.28. The molecule has 0 saturated heterocycles. The topological polar surface area (TPSA) is 47.1 Å². The molecule has 104 valence electrons. The van der Waals surface area contributed by atoms with Gasteiger partial charge in [-0.15, -0.1) is 0 Å². The third-order valence-electron chi connectivity index (χ3n) is 3.40. The third kappa shape index (κ3) is 4.78. The Morgan fingerprint density at radius 3 is 2.56 bits per heavy atom. The molecular weight excluding hydrogens is 224 g/mol. The van der Waals surface area contributed by atoms with Crippen molar-refractivity contribution in [3.05, 3.63) is 18.0 Å². The molecule has 4 nitrogen and oxygen atoms in total. The summed E-state index contributed by atoms with van der Waals surface area (Å²) in [6.45, 7) is 5.45. The van der Waals surface area contributed by atoms with Crippen LogP contribution in [0.2, 0.25) is 0 Å². The van der Waals surface area contributed by atoms with Crippen molar-refractivity contribution >= 4 is 0 Å². The molecule has 0 aliphatic rings. The Hall–Kier alpha value is -0.870. The van der Waals surface area contributed by atoms with E-state index in [1.807, 2.05) is 0 Å². The summed E-state index contributed by atoms with van der Waals surface area (Å²) in [4.78, 5) is 2.17. The van der Waals surface area contributed by atoms with Gasteiger partial charge in [0.25, 0.3) is 0 Å². The SMILES string of the molecule is CCC(CC)n1ccc(CC(N)CCN(C)C)n1. The minimum absolute atomic E-state index is 0.206. The Kier molecular flexibility index (Phi) is 6.36. The zero-order valence-corrected chi connectivity index (χ0v) is 12.3. The Morgan fingerprint density at radius 2 is 2.00 bits per heavy atom. The maximum Gasteiger partial charge on any atom is 0.0640 e. The second-order valence-corrected chi connectivity index (χ2v) is 5.31. The lowest BCUT2D eigenvalue weighted by Gasteiger charge is -2.15. The van der Waals surface area contributed by atoms with Gasteiger partial charge >= 0.3 is 0 Å². The highest BCUT2D eigenvalue weighted by Gasteiger charge is 2.10. The summed E-state index contributed by atoms with van der Waals surface area (Å²) in [6.07, 6.45) is 6.24. The molecule has 4 heteroatoms. The summed E-state index contributed by atoms with van der Waals surface area (Å²) in [5, 5.41) is 4.64. The first kappa shape index (κ1) is 15.2. The summed E-state index contributed by atoms with van der Waals surface area (Å²) in [5.74, 6) is 0. The number of aromatic nitrogens is 2. The van der Waals surface area contributed by atoms with Crippen LogP contribution < -0.4 is 5.73 Å². The molecule has 0 amide bonds. The van der Waals surface area contributed by atoms with Gasteiger partial charge in [-0.05, 0) is 46.0 Å². The fourth-order valence-electron chi connectivity index (χ4n) is 2.15. The maximum atomic E-state index is 6.13. The van der Waals surface area contributed by atoms with Gasteiger partial charge in [0.15, 0.2) is 0 Å². The summed E-state index contributed by atoms with van der Waals surface area (Å²) >= 11 is 0. The number of nitrogens with two attached hydrogens (primary N) is 1. The van der Waals surface area contributed by atoms with Crippen LogP contribution >= 0.6 is 0 Å². The van der Waals surface area contributed by atoms with Crippen LogP contribution in [-0.4, -0.2) is 41.4 Å². The largest absolute Gasteiger partial charge is 0.327 e. The van der Waals surface area contributed by atoms with Crippen molar-refractivity contribution in [1.82, 2.24) is 14.7 Å². The lowest BCUT2D eigenvalue weighted by molar-refractivity contribution is 0.377. The zero-order valence-electron chi connectivity index (χ0n) is 12.3. The molecule has 1 aromatic heterocycles. The molecule has 1 atom stereocenters. The first-order chi connectivity index (χ1) is 8.56. The quantitative estimate of drug-likeness (QED) is 0.770. The first-order valence-corrected chi connectivity index (χ1v) is 7.01. The van der Waals surface area contributed by atoms with E-state index < -0.39 is 0 Å². The van der Waals surface area contributed by atoms with Gasteiger partial charge in [0, 0.05) is 18.7 Å². The Bertz CT molecular complexity index is 328. The van der Waals surface area contributed by atoms with Crippen LogP contribution in [0.3, 0.4) is 0 Å².